The van der Waals surface area contributed by atoms with Crippen LogP contribution >= 0.6 is 23.1 Å². The van der Waals surface area contributed by atoms with E-state index in [2.05, 4.69) is 10.2 Å². The van der Waals surface area contributed by atoms with Crippen molar-refractivity contribution in [2.24, 2.45) is 0 Å². The number of thioether (sulfide) groups is 1. The zero-order valence-electron chi connectivity index (χ0n) is 10.3. The van der Waals surface area contributed by atoms with Crippen LogP contribution in [0, 0.1) is 12.7 Å². The van der Waals surface area contributed by atoms with Gasteiger partial charge in [0.15, 0.2) is 10.1 Å². The molecule has 0 fully saturated rings. The third kappa shape index (κ3) is 3.51. The fraction of sp³-hybridized carbons (Fsp3) is 0.250. The minimum atomic E-state index is -0.457. The number of rotatable bonds is 5. The fourth-order valence-corrected chi connectivity index (χ4v) is 3.14. The summed E-state index contributed by atoms with van der Waals surface area (Å²) < 4.78 is 19.0. The lowest BCUT2D eigenvalue weighted by atomic mass is 10.1. The molecule has 1 aromatic heterocycles. The van der Waals surface area contributed by atoms with Crippen LogP contribution in [0.4, 0.5) is 4.39 Å². The lowest BCUT2D eigenvalue weighted by Gasteiger charge is -2.06. The number of ketones is 1. The number of hydrogen-bond acceptors (Lipinski definition) is 6. The van der Waals surface area contributed by atoms with Gasteiger partial charge in [-0.25, -0.2) is 4.39 Å². The SMILES string of the molecule is COc1ccc(F)cc1C(=O)CSc1nnc(C)s1. The van der Waals surface area contributed by atoms with Gasteiger partial charge in [0, 0.05) is 0 Å². The number of carbonyl (C=O) groups excluding carboxylic acids is 1. The molecule has 1 aromatic carbocycles. The first-order valence-corrected chi connectivity index (χ1v) is 7.20. The molecule has 0 aliphatic heterocycles. The summed E-state index contributed by atoms with van der Waals surface area (Å²) in [5, 5.41) is 8.63. The summed E-state index contributed by atoms with van der Waals surface area (Å²) in [6.07, 6.45) is 0. The van der Waals surface area contributed by atoms with E-state index in [1.165, 1.54) is 48.4 Å². The average molecular weight is 298 g/mol. The van der Waals surface area contributed by atoms with E-state index in [4.69, 9.17) is 4.74 Å². The van der Waals surface area contributed by atoms with Gasteiger partial charge in [-0.15, -0.1) is 10.2 Å². The van der Waals surface area contributed by atoms with Crippen molar-refractivity contribution in [3.63, 3.8) is 0 Å². The molecule has 0 amide bonds. The van der Waals surface area contributed by atoms with Gasteiger partial charge in [-0.05, 0) is 25.1 Å². The Morgan fingerprint density at radius 2 is 2.26 bits per heavy atom. The van der Waals surface area contributed by atoms with Crippen molar-refractivity contribution < 1.29 is 13.9 Å². The lowest BCUT2D eigenvalue weighted by molar-refractivity contribution is 0.101. The number of aromatic nitrogens is 2. The van der Waals surface area contributed by atoms with E-state index >= 15 is 0 Å². The molecule has 0 aliphatic rings. The van der Waals surface area contributed by atoms with Crippen LogP contribution in [0.3, 0.4) is 0 Å². The maximum atomic E-state index is 13.2. The second-order valence-corrected chi connectivity index (χ2v) is 6.05. The Bertz CT molecular complexity index is 601. The van der Waals surface area contributed by atoms with Crippen LogP contribution in [0.2, 0.25) is 0 Å². The number of nitrogens with zero attached hydrogens (tertiary/aromatic N) is 2. The van der Waals surface area contributed by atoms with Crippen LogP contribution in [-0.4, -0.2) is 28.8 Å². The van der Waals surface area contributed by atoms with Crippen molar-refractivity contribution in [3.05, 3.63) is 34.6 Å². The molecule has 0 spiro atoms. The molecule has 0 N–H and O–H groups in total. The molecule has 1 heterocycles. The third-order valence-electron chi connectivity index (χ3n) is 2.30. The van der Waals surface area contributed by atoms with Crippen molar-refractivity contribution in [3.8, 4) is 5.75 Å². The Balaban J connectivity index is 2.09. The summed E-state index contributed by atoms with van der Waals surface area (Å²) in [6, 6.07) is 3.90. The zero-order chi connectivity index (χ0) is 13.8. The Morgan fingerprint density at radius 3 is 2.89 bits per heavy atom. The summed E-state index contributed by atoms with van der Waals surface area (Å²) >= 11 is 2.71. The van der Waals surface area contributed by atoms with Crippen molar-refractivity contribution in [2.45, 2.75) is 11.3 Å². The van der Waals surface area contributed by atoms with Crippen molar-refractivity contribution >= 4 is 28.9 Å². The first-order valence-electron chi connectivity index (χ1n) is 5.40. The molecule has 2 rings (SSSR count). The Hall–Kier alpha value is -1.47. The van der Waals surface area contributed by atoms with Gasteiger partial charge in [0.25, 0.3) is 0 Å². The van der Waals surface area contributed by atoms with Gasteiger partial charge in [-0.1, -0.05) is 23.1 Å². The van der Waals surface area contributed by atoms with Gasteiger partial charge in [-0.3, -0.25) is 4.79 Å². The van der Waals surface area contributed by atoms with Crippen LogP contribution in [0.25, 0.3) is 0 Å². The van der Waals surface area contributed by atoms with E-state index in [0.717, 1.165) is 9.35 Å². The smallest absolute Gasteiger partial charge is 0.176 e. The van der Waals surface area contributed by atoms with Gasteiger partial charge in [0.1, 0.15) is 16.6 Å². The molecule has 2 aromatic rings. The topological polar surface area (TPSA) is 52.1 Å². The number of carbonyl (C=O) groups is 1. The molecule has 0 bridgehead atoms. The average Bonchev–Trinajstić information content (AvgIpc) is 2.81. The molecule has 4 nitrogen and oxygen atoms in total. The van der Waals surface area contributed by atoms with Crippen LogP contribution in [0.1, 0.15) is 15.4 Å². The van der Waals surface area contributed by atoms with Gasteiger partial charge in [0.05, 0.1) is 18.4 Å². The standard InChI is InChI=1S/C12H11FN2O2S2/c1-7-14-15-12(19-7)18-6-10(16)9-5-8(13)3-4-11(9)17-2/h3-5H,6H2,1-2H3. The highest BCUT2D eigenvalue weighted by atomic mass is 32.2. The minimum absolute atomic E-state index is 0.175. The third-order valence-corrected chi connectivity index (χ3v) is 4.27. The monoisotopic (exact) mass is 298 g/mol. The molecule has 0 aliphatic carbocycles. The summed E-state index contributed by atoms with van der Waals surface area (Å²) in [4.78, 5) is 12.0. The lowest BCUT2D eigenvalue weighted by Crippen LogP contribution is -2.05. The molecular formula is C12H11FN2O2S2. The van der Waals surface area contributed by atoms with Crippen LogP contribution in [-0.2, 0) is 0 Å². The van der Waals surface area contributed by atoms with Gasteiger partial charge in [0.2, 0.25) is 0 Å². The van der Waals surface area contributed by atoms with E-state index in [1.54, 1.807) is 0 Å². The number of methoxy groups -OCH3 is 1. The molecule has 0 atom stereocenters. The van der Waals surface area contributed by atoms with Crippen molar-refractivity contribution in [1.82, 2.24) is 10.2 Å². The summed E-state index contributed by atoms with van der Waals surface area (Å²) in [7, 11) is 1.45. The molecule has 19 heavy (non-hydrogen) atoms. The number of ether oxygens (including phenoxy) is 1. The molecule has 0 radical (unpaired) electrons. The number of Topliss-reactive ketones (excluding diaryl/α,β-unsaturated/α-hetero) is 1. The second-order valence-electron chi connectivity index (χ2n) is 3.64. The van der Waals surface area contributed by atoms with Crippen LogP contribution in [0.15, 0.2) is 22.5 Å². The number of hydrogen-bond donors (Lipinski definition) is 0. The summed E-state index contributed by atoms with van der Waals surface area (Å²) in [5.74, 6) is -0.107. The highest BCUT2D eigenvalue weighted by Gasteiger charge is 2.14. The summed E-state index contributed by atoms with van der Waals surface area (Å²) in [5.41, 5.74) is 0.247. The fourth-order valence-electron chi connectivity index (χ4n) is 1.44. The van der Waals surface area contributed by atoms with Gasteiger partial charge in [-0.2, -0.15) is 0 Å². The number of benzene rings is 1. The molecule has 0 saturated heterocycles. The number of halogens is 1. The normalized spacial score (nSPS) is 10.5. The van der Waals surface area contributed by atoms with E-state index in [1.807, 2.05) is 6.92 Å². The zero-order valence-corrected chi connectivity index (χ0v) is 12.0. The predicted molar refractivity (Wildman–Crippen MR) is 72.7 cm³/mol. The Labute approximate surface area is 118 Å². The van der Waals surface area contributed by atoms with Gasteiger partial charge < -0.3 is 4.74 Å². The van der Waals surface area contributed by atoms with E-state index < -0.39 is 5.82 Å². The second kappa shape index (κ2) is 6.12. The highest BCUT2D eigenvalue weighted by Crippen LogP contribution is 2.25. The molecule has 0 unspecified atom stereocenters. The highest BCUT2D eigenvalue weighted by molar-refractivity contribution is 8.01. The largest absolute Gasteiger partial charge is 0.496 e. The van der Waals surface area contributed by atoms with E-state index in [-0.39, 0.29) is 17.1 Å². The molecule has 100 valence electrons. The Kier molecular flexibility index (Phi) is 4.49. The van der Waals surface area contributed by atoms with E-state index in [0.29, 0.717) is 5.75 Å². The molecular weight excluding hydrogens is 287 g/mol. The first kappa shape index (κ1) is 14.0. The van der Waals surface area contributed by atoms with Crippen molar-refractivity contribution in [2.75, 3.05) is 12.9 Å². The van der Waals surface area contributed by atoms with Crippen molar-refractivity contribution in [1.29, 1.82) is 0 Å². The minimum Gasteiger partial charge on any atom is -0.496 e. The maximum absolute atomic E-state index is 13.2. The first-order chi connectivity index (χ1) is 9.10. The van der Waals surface area contributed by atoms with Crippen LogP contribution in [0.5, 0.6) is 5.75 Å². The van der Waals surface area contributed by atoms with E-state index in [9.17, 15) is 9.18 Å². The van der Waals surface area contributed by atoms with Crippen LogP contribution < -0.4 is 4.74 Å². The van der Waals surface area contributed by atoms with Gasteiger partial charge >= 0.3 is 0 Å². The molecule has 7 heteroatoms. The number of aryl methyl sites for hydroxylation is 1. The maximum Gasteiger partial charge on any atom is 0.176 e. The Morgan fingerprint density at radius 1 is 1.47 bits per heavy atom. The summed E-state index contributed by atoms with van der Waals surface area (Å²) in [6.45, 7) is 1.85. The molecule has 0 saturated carbocycles. The quantitative estimate of drug-likeness (QED) is 0.627. The predicted octanol–water partition coefficient (Wildman–Crippen LogP) is 2.97.